The number of benzene rings is 2. The number of nitrogens with zero attached hydrogens (tertiary/aromatic N) is 2. The third-order valence-corrected chi connectivity index (χ3v) is 3.33. The molecular weight excluding hydrogens is 357 g/mol. The molecule has 2 aromatic carbocycles. The minimum absolute atomic E-state index is 0.136. The smallest absolute Gasteiger partial charge is 0.271 e. The zero-order chi connectivity index (χ0) is 19.8. The highest BCUT2D eigenvalue weighted by molar-refractivity contribution is 6.02. The third kappa shape index (κ3) is 5.27. The van der Waals surface area contributed by atoms with E-state index in [4.69, 9.17) is 14.7 Å². The van der Waals surface area contributed by atoms with Crippen LogP contribution in [0.25, 0.3) is 6.08 Å². The molecule has 2 aromatic rings. The van der Waals surface area contributed by atoms with E-state index in [-0.39, 0.29) is 18.0 Å². The normalized spacial score (nSPS) is 10.3. The van der Waals surface area contributed by atoms with Crippen molar-refractivity contribution in [1.82, 2.24) is 0 Å². The van der Waals surface area contributed by atoms with Crippen LogP contribution in [0.1, 0.15) is 5.56 Å². The highest BCUT2D eigenvalue weighted by Crippen LogP contribution is 2.28. The van der Waals surface area contributed by atoms with Crippen LogP contribution in [-0.2, 0) is 4.79 Å². The number of carbonyl (C=O) groups excluding carboxylic acids is 1. The van der Waals surface area contributed by atoms with Crippen LogP contribution in [0.5, 0.6) is 11.5 Å². The molecule has 9 heteroatoms. The van der Waals surface area contributed by atoms with Crippen molar-refractivity contribution in [2.75, 3.05) is 19.0 Å². The zero-order valence-corrected chi connectivity index (χ0v) is 14.1. The quantitative estimate of drug-likeness (QED) is 0.454. The Kier molecular flexibility index (Phi) is 6.44. The minimum Gasteiger partial charge on any atom is -0.493 e. The van der Waals surface area contributed by atoms with E-state index in [1.165, 1.54) is 13.2 Å². The van der Waals surface area contributed by atoms with Gasteiger partial charge in [-0.25, -0.2) is 4.39 Å². The molecule has 0 aromatic heterocycles. The molecule has 0 heterocycles. The number of halogens is 1. The number of rotatable bonds is 7. The van der Waals surface area contributed by atoms with Gasteiger partial charge in [0.2, 0.25) is 5.91 Å². The molecule has 0 unspecified atom stereocenters. The number of ether oxygens (including phenoxy) is 2. The molecule has 0 aliphatic rings. The summed E-state index contributed by atoms with van der Waals surface area (Å²) in [6.45, 7) is -0.136. The molecule has 8 nitrogen and oxygen atoms in total. The van der Waals surface area contributed by atoms with Gasteiger partial charge in [0.15, 0.2) is 18.1 Å². The lowest BCUT2D eigenvalue weighted by Gasteiger charge is -2.08. The Balaban J connectivity index is 2.12. The monoisotopic (exact) mass is 371 g/mol. The number of nitrogens with one attached hydrogen (secondary N) is 1. The second kappa shape index (κ2) is 8.96. The summed E-state index contributed by atoms with van der Waals surface area (Å²) in [6.07, 6.45) is 2.59. The lowest BCUT2D eigenvalue weighted by molar-refractivity contribution is -0.384. The van der Waals surface area contributed by atoms with Gasteiger partial charge in [-0.3, -0.25) is 14.9 Å². The second-order valence-electron chi connectivity index (χ2n) is 5.10. The second-order valence-corrected chi connectivity index (χ2v) is 5.10. The number of nitro groups is 1. The van der Waals surface area contributed by atoms with Crippen LogP contribution in [0.15, 0.2) is 42.5 Å². The number of hydrogen-bond donors (Lipinski definition) is 1. The van der Waals surface area contributed by atoms with Crippen LogP contribution >= 0.6 is 0 Å². The highest BCUT2D eigenvalue weighted by Gasteiger charge is 2.12. The van der Waals surface area contributed by atoms with E-state index in [2.05, 4.69) is 5.32 Å². The van der Waals surface area contributed by atoms with Gasteiger partial charge in [0.05, 0.1) is 17.7 Å². The van der Waals surface area contributed by atoms with Crippen molar-refractivity contribution in [3.05, 3.63) is 64.0 Å². The van der Waals surface area contributed by atoms with Gasteiger partial charge in [0, 0.05) is 18.2 Å². The molecule has 27 heavy (non-hydrogen) atoms. The van der Waals surface area contributed by atoms with Gasteiger partial charge in [-0.05, 0) is 29.8 Å². The summed E-state index contributed by atoms with van der Waals surface area (Å²) in [6, 6.07) is 9.48. The Hall–Kier alpha value is -3.93. The maximum atomic E-state index is 13.7. The number of non-ortho nitro benzene ring substituents is 1. The van der Waals surface area contributed by atoms with Gasteiger partial charge in [0.25, 0.3) is 5.69 Å². The van der Waals surface area contributed by atoms with Gasteiger partial charge in [-0.2, -0.15) is 5.26 Å². The predicted molar refractivity (Wildman–Crippen MR) is 94.8 cm³/mol. The molecule has 0 aliphatic carbocycles. The van der Waals surface area contributed by atoms with Crippen LogP contribution in [0.2, 0.25) is 0 Å². The number of hydrogen-bond acceptors (Lipinski definition) is 6. The number of nitriles is 1. The number of anilines is 1. The zero-order valence-electron chi connectivity index (χ0n) is 14.1. The first-order valence-corrected chi connectivity index (χ1v) is 7.55. The Labute approximate surface area is 153 Å². The number of nitro benzene ring substituents is 1. The molecule has 0 atom stereocenters. The van der Waals surface area contributed by atoms with Gasteiger partial charge in [-0.15, -0.1) is 0 Å². The standard InChI is InChI=1S/C18H14FN3O5/c1-26-17-10-12(2-6-16(17)27-9-8-20)3-7-18(23)21-15-11-13(22(24)25)4-5-14(15)19/h2-7,10-11H,9H2,1H3,(H,21,23). The molecule has 0 radical (unpaired) electrons. The van der Waals surface area contributed by atoms with Crippen LogP contribution in [0, 0.1) is 27.3 Å². The molecule has 0 saturated carbocycles. The van der Waals surface area contributed by atoms with Crippen molar-refractivity contribution in [1.29, 1.82) is 5.26 Å². The first-order chi connectivity index (χ1) is 12.9. The van der Waals surface area contributed by atoms with E-state index in [0.717, 1.165) is 24.3 Å². The highest BCUT2D eigenvalue weighted by atomic mass is 19.1. The molecule has 0 aliphatic heterocycles. The van der Waals surface area contributed by atoms with Crippen LogP contribution in [0.4, 0.5) is 15.8 Å². The van der Waals surface area contributed by atoms with Crippen molar-refractivity contribution < 1.29 is 23.6 Å². The summed E-state index contributed by atoms with van der Waals surface area (Å²) in [5, 5.41) is 21.5. The summed E-state index contributed by atoms with van der Waals surface area (Å²) in [4.78, 5) is 22.0. The maximum absolute atomic E-state index is 13.7. The first-order valence-electron chi connectivity index (χ1n) is 7.55. The molecule has 0 bridgehead atoms. The van der Waals surface area contributed by atoms with Crippen LogP contribution in [0.3, 0.4) is 0 Å². The molecule has 0 fully saturated rings. The van der Waals surface area contributed by atoms with Crippen molar-refractivity contribution >= 4 is 23.4 Å². The number of amides is 1. The number of carbonyl (C=O) groups is 1. The molecule has 138 valence electrons. The van der Waals surface area contributed by atoms with E-state index in [0.29, 0.717) is 17.1 Å². The molecular formula is C18H14FN3O5. The topological polar surface area (TPSA) is 114 Å². The van der Waals surface area contributed by atoms with Crippen molar-refractivity contribution in [2.45, 2.75) is 0 Å². The van der Waals surface area contributed by atoms with E-state index in [9.17, 15) is 19.3 Å². The largest absolute Gasteiger partial charge is 0.493 e. The van der Waals surface area contributed by atoms with E-state index >= 15 is 0 Å². The maximum Gasteiger partial charge on any atom is 0.271 e. The summed E-state index contributed by atoms with van der Waals surface area (Å²) in [7, 11) is 1.43. The van der Waals surface area contributed by atoms with Crippen molar-refractivity contribution in [3.63, 3.8) is 0 Å². The first kappa shape index (κ1) is 19.4. The SMILES string of the molecule is COc1cc(C=CC(=O)Nc2cc([N+](=O)[O-])ccc2F)ccc1OCC#N. The van der Waals surface area contributed by atoms with Gasteiger partial charge in [-0.1, -0.05) is 6.07 Å². The average Bonchev–Trinajstić information content (AvgIpc) is 2.66. The van der Waals surface area contributed by atoms with Crippen LogP contribution < -0.4 is 14.8 Å². The summed E-state index contributed by atoms with van der Waals surface area (Å²) in [5.74, 6) is -0.710. The van der Waals surface area contributed by atoms with Gasteiger partial charge >= 0.3 is 0 Å². The number of methoxy groups -OCH3 is 1. The van der Waals surface area contributed by atoms with E-state index in [1.54, 1.807) is 18.2 Å². The summed E-state index contributed by atoms with van der Waals surface area (Å²) in [5.41, 5.74) is -0.0455. The van der Waals surface area contributed by atoms with Crippen molar-refractivity contribution in [2.24, 2.45) is 0 Å². The molecule has 0 saturated heterocycles. The fraction of sp³-hybridized carbons (Fsp3) is 0.111. The minimum atomic E-state index is -0.789. The van der Waals surface area contributed by atoms with Crippen molar-refractivity contribution in [3.8, 4) is 17.6 Å². The molecule has 1 amide bonds. The molecule has 1 N–H and O–H groups in total. The third-order valence-electron chi connectivity index (χ3n) is 3.33. The average molecular weight is 371 g/mol. The Morgan fingerprint density at radius 2 is 2.11 bits per heavy atom. The molecule has 2 rings (SSSR count). The van der Waals surface area contributed by atoms with Gasteiger partial charge in [0.1, 0.15) is 11.9 Å². The Morgan fingerprint density at radius 3 is 2.78 bits per heavy atom. The predicted octanol–water partition coefficient (Wildman–Crippen LogP) is 3.30. The van der Waals surface area contributed by atoms with Gasteiger partial charge < -0.3 is 14.8 Å². The fourth-order valence-corrected chi connectivity index (χ4v) is 2.09. The Morgan fingerprint density at radius 1 is 1.33 bits per heavy atom. The lowest BCUT2D eigenvalue weighted by Crippen LogP contribution is -2.09. The Bertz CT molecular complexity index is 937. The summed E-state index contributed by atoms with van der Waals surface area (Å²) >= 11 is 0. The molecule has 0 spiro atoms. The lowest BCUT2D eigenvalue weighted by atomic mass is 10.2. The fourth-order valence-electron chi connectivity index (χ4n) is 2.09. The van der Waals surface area contributed by atoms with E-state index in [1.807, 2.05) is 6.07 Å². The van der Waals surface area contributed by atoms with Crippen LogP contribution in [-0.4, -0.2) is 24.5 Å². The van der Waals surface area contributed by atoms with E-state index < -0.39 is 16.6 Å². The summed E-state index contributed by atoms with van der Waals surface area (Å²) < 4.78 is 24.0.